The fourth-order valence-corrected chi connectivity index (χ4v) is 2.15. The summed E-state index contributed by atoms with van der Waals surface area (Å²) < 4.78 is 5.16. The lowest BCUT2D eigenvalue weighted by Crippen LogP contribution is -2.37. The average molecular weight is 283 g/mol. The summed E-state index contributed by atoms with van der Waals surface area (Å²) in [5.41, 5.74) is 0.418. The summed E-state index contributed by atoms with van der Waals surface area (Å²) in [6.07, 6.45) is 0.743. The van der Waals surface area contributed by atoms with Gasteiger partial charge in [-0.3, -0.25) is 9.59 Å². The third kappa shape index (κ3) is 3.17. The first-order valence-electron chi connectivity index (χ1n) is 6.01. The van der Waals surface area contributed by atoms with Crippen LogP contribution in [-0.2, 0) is 4.79 Å². The fourth-order valence-electron chi connectivity index (χ4n) is 1.99. The highest BCUT2D eigenvalue weighted by molar-refractivity contribution is 6.30. The van der Waals surface area contributed by atoms with Gasteiger partial charge in [0.1, 0.15) is 5.75 Å². The van der Waals surface area contributed by atoms with Crippen LogP contribution in [0.2, 0.25) is 5.02 Å². The number of hydrogen-bond acceptors (Lipinski definition) is 3. The first kappa shape index (κ1) is 13.7. The summed E-state index contributed by atoms with van der Waals surface area (Å²) in [6, 6.07) is 4.84. The van der Waals surface area contributed by atoms with Gasteiger partial charge in [-0.05, 0) is 24.6 Å². The number of nitrogens with one attached hydrogen (secondary N) is 1. The third-order valence-electron chi connectivity index (χ3n) is 2.94. The van der Waals surface area contributed by atoms with E-state index in [-0.39, 0.29) is 18.4 Å². The Kier molecular flexibility index (Phi) is 4.27. The maximum atomic E-state index is 12.4. The van der Waals surface area contributed by atoms with Crippen LogP contribution in [-0.4, -0.2) is 43.5 Å². The number of carbonyl (C=O) groups excluding carboxylic acids is 2. The van der Waals surface area contributed by atoms with E-state index in [2.05, 4.69) is 5.32 Å². The maximum Gasteiger partial charge on any atom is 0.258 e. The number of amides is 2. The minimum absolute atomic E-state index is 0.0740. The molecule has 1 aromatic carbocycles. The average Bonchev–Trinajstić information content (AvgIpc) is 2.62. The van der Waals surface area contributed by atoms with Crippen molar-refractivity contribution in [1.82, 2.24) is 10.2 Å². The van der Waals surface area contributed by atoms with Gasteiger partial charge in [-0.15, -0.1) is 0 Å². The summed E-state index contributed by atoms with van der Waals surface area (Å²) in [6.45, 7) is 1.22. The molecule has 19 heavy (non-hydrogen) atoms. The molecule has 0 saturated carbocycles. The third-order valence-corrected chi connectivity index (χ3v) is 3.18. The van der Waals surface area contributed by atoms with Crippen LogP contribution in [0.25, 0.3) is 0 Å². The molecule has 0 bridgehead atoms. The van der Waals surface area contributed by atoms with Crippen molar-refractivity contribution >= 4 is 23.4 Å². The van der Waals surface area contributed by atoms with Gasteiger partial charge in [-0.2, -0.15) is 0 Å². The van der Waals surface area contributed by atoms with Crippen molar-refractivity contribution in [3.8, 4) is 5.75 Å². The van der Waals surface area contributed by atoms with E-state index in [0.717, 1.165) is 6.42 Å². The number of carbonyl (C=O) groups is 2. The van der Waals surface area contributed by atoms with Crippen molar-refractivity contribution in [2.45, 2.75) is 6.42 Å². The Bertz CT molecular complexity index is 505. The Morgan fingerprint density at radius 1 is 1.47 bits per heavy atom. The molecule has 1 aliphatic heterocycles. The molecule has 0 aliphatic carbocycles. The first-order valence-corrected chi connectivity index (χ1v) is 6.39. The SMILES string of the molecule is COc1cc(Cl)ccc1C(=O)N1CCCNC(=O)C1. The minimum Gasteiger partial charge on any atom is -0.496 e. The molecule has 102 valence electrons. The Balaban J connectivity index is 2.25. The van der Waals surface area contributed by atoms with E-state index in [9.17, 15) is 9.59 Å². The van der Waals surface area contributed by atoms with E-state index in [4.69, 9.17) is 16.3 Å². The molecule has 0 unspecified atom stereocenters. The molecular weight excluding hydrogens is 268 g/mol. The van der Waals surface area contributed by atoms with Gasteiger partial charge in [0.2, 0.25) is 5.91 Å². The van der Waals surface area contributed by atoms with E-state index in [1.807, 2.05) is 0 Å². The lowest BCUT2D eigenvalue weighted by Gasteiger charge is -2.20. The van der Waals surface area contributed by atoms with Gasteiger partial charge in [0.05, 0.1) is 19.2 Å². The van der Waals surface area contributed by atoms with E-state index < -0.39 is 0 Å². The maximum absolute atomic E-state index is 12.4. The minimum atomic E-state index is -0.217. The van der Waals surface area contributed by atoms with Crippen LogP contribution in [0.1, 0.15) is 16.8 Å². The molecule has 1 N–H and O–H groups in total. The van der Waals surface area contributed by atoms with Gasteiger partial charge in [0.25, 0.3) is 5.91 Å². The molecule has 0 radical (unpaired) electrons. The summed E-state index contributed by atoms with van der Waals surface area (Å²) in [5, 5.41) is 3.24. The van der Waals surface area contributed by atoms with Crippen molar-refractivity contribution in [1.29, 1.82) is 0 Å². The molecule has 0 spiro atoms. The number of nitrogens with zero attached hydrogens (tertiary/aromatic N) is 1. The molecule has 1 fully saturated rings. The summed E-state index contributed by atoms with van der Waals surface area (Å²) in [4.78, 5) is 25.4. The number of methoxy groups -OCH3 is 1. The van der Waals surface area contributed by atoms with Gasteiger partial charge in [0.15, 0.2) is 0 Å². The highest BCUT2D eigenvalue weighted by Crippen LogP contribution is 2.24. The zero-order chi connectivity index (χ0) is 13.8. The van der Waals surface area contributed by atoms with Crippen LogP contribution in [0.3, 0.4) is 0 Å². The second-order valence-electron chi connectivity index (χ2n) is 4.27. The molecule has 1 aliphatic rings. The first-order chi connectivity index (χ1) is 9.11. The molecule has 6 heteroatoms. The van der Waals surface area contributed by atoms with Crippen LogP contribution in [0.4, 0.5) is 0 Å². The van der Waals surface area contributed by atoms with Gasteiger partial charge in [-0.25, -0.2) is 0 Å². The summed E-state index contributed by atoms with van der Waals surface area (Å²) in [5.74, 6) is 0.0616. The lowest BCUT2D eigenvalue weighted by atomic mass is 10.1. The highest BCUT2D eigenvalue weighted by Gasteiger charge is 2.23. The van der Waals surface area contributed by atoms with Crippen molar-refractivity contribution in [2.75, 3.05) is 26.7 Å². The van der Waals surface area contributed by atoms with E-state index in [1.54, 1.807) is 18.2 Å². The van der Waals surface area contributed by atoms with Crippen LogP contribution in [0, 0.1) is 0 Å². The van der Waals surface area contributed by atoms with Gasteiger partial charge in [-0.1, -0.05) is 11.6 Å². The van der Waals surface area contributed by atoms with Gasteiger partial charge in [0, 0.05) is 18.1 Å². The Morgan fingerprint density at radius 3 is 3.00 bits per heavy atom. The van der Waals surface area contributed by atoms with Crippen molar-refractivity contribution in [3.05, 3.63) is 28.8 Å². The number of ether oxygens (including phenoxy) is 1. The van der Waals surface area contributed by atoms with E-state index >= 15 is 0 Å². The molecule has 0 aromatic heterocycles. The Hall–Kier alpha value is -1.75. The second kappa shape index (κ2) is 5.93. The zero-order valence-corrected chi connectivity index (χ0v) is 11.4. The van der Waals surface area contributed by atoms with Crippen LogP contribution in [0.15, 0.2) is 18.2 Å². The van der Waals surface area contributed by atoms with Crippen molar-refractivity contribution in [2.24, 2.45) is 0 Å². The largest absolute Gasteiger partial charge is 0.496 e. The molecule has 1 saturated heterocycles. The predicted molar refractivity (Wildman–Crippen MR) is 71.5 cm³/mol. The predicted octanol–water partition coefficient (Wildman–Crippen LogP) is 1.31. The Morgan fingerprint density at radius 2 is 2.26 bits per heavy atom. The van der Waals surface area contributed by atoms with E-state index in [0.29, 0.717) is 29.4 Å². The van der Waals surface area contributed by atoms with Crippen molar-refractivity contribution < 1.29 is 14.3 Å². The van der Waals surface area contributed by atoms with Crippen LogP contribution < -0.4 is 10.1 Å². The number of hydrogen-bond donors (Lipinski definition) is 1. The smallest absolute Gasteiger partial charge is 0.258 e. The normalized spacial score (nSPS) is 15.7. The highest BCUT2D eigenvalue weighted by atomic mass is 35.5. The molecule has 0 atom stereocenters. The van der Waals surface area contributed by atoms with Crippen LogP contribution >= 0.6 is 11.6 Å². The topological polar surface area (TPSA) is 58.6 Å². The summed E-state index contributed by atoms with van der Waals surface area (Å²) in [7, 11) is 1.48. The molecular formula is C13H15ClN2O3. The van der Waals surface area contributed by atoms with Crippen molar-refractivity contribution in [3.63, 3.8) is 0 Å². The number of benzene rings is 1. The molecule has 1 heterocycles. The standard InChI is InChI=1S/C13H15ClN2O3/c1-19-11-7-9(14)3-4-10(11)13(18)16-6-2-5-15-12(17)8-16/h3-4,7H,2,5-6,8H2,1H3,(H,15,17). The van der Waals surface area contributed by atoms with Gasteiger partial charge >= 0.3 is 0 Å². The van der Waals surface area contributed by atoms with E-state index in [1.165, 1.54) is 12.0 Å². The second-order valence-corrected chi connectivity index (χ2v) is 4.71. The number of rotatable bonds is 2. The monoisotopic (exact) mass is 282 g/mol. The van der Waals surface area contributed by atoms with Crippen LogP contribution in [0.5, 0.6) is 5.75 Å². The zero-order valence-electron chi connectivity index (χ0n) is 10.6. The molecule has 1 aromatic rings. The quantitative estimate of drug-likeness (QED) is 0.890. The summed E-state index contributed by atoms with van der Waals surface area (Å²) >= 11 is 5.87. The number of halogens is 1. The van der Waals surface area contributed by atoms with Gasteiger partial charge < -0.3 is 15.0 Å². The molecule has 2 rings (SSSR count). The lowest BCUT2D eigenvalue weighted by molar-refractivity contribution is -0.121. The fraction of sp³-hybridized carbons (Fsp3) is 0.385. The molecule has 2 amide bonds. The molecule has 5 nitrogen and oxygen atoms in total. The Labute approximate surface area is 116 Å².